The molecule has 4 heteroatoms. The number of aryl methyl sites for hydroxylation is 2. The third kappa shape index (κ3) is 2.96. The fourth-order valence-corrected chi connectivity index (χ4v) is 1.88. The van der Waals surface area contributed by atoms with E-state index in [4.69, 9.17) is 0 Å². The van der Waals surface area contributed by atoms with Crippen molar-refractivity contribution in [2.24, 2.45) is 0 Å². The molecule has 0 radical (unpaired) electrons. The molecule has 0 saturated heterocycles. The van der Waals surface area contributed by atoms with Crippen LogP contribution in [-0.4, -0.2) is 13.7 Å². The maximum absolute atomic E-state index is 11.7. The summed E-state index contributed by atoms with van der Waals surface area (Å²) in [6.07, 6.45) is 0. The molecule has 0 aliphatic heterocycles. The lowest BCUT2D eigenvalue weighted by molar-refractivity contribution is 0.592. The van der Waals surface area contributed by atoms with E-state index < -0.39 is 15.3 Å². The molecule has 0 saturated carbocycles. The lowest BCUT2D eigenvalue weighted by Crippen LogP contribution is -2.22. The highest BCUT2D eigenvalue weighted by molar-refractivity contribution is 7.93. The number of nitrogens with one attached hydrogen (secondary N) is 1. The van der Waals surface area contributed by atoms with Crippen LogP contribution in [0.15, 0.2) is 18.2 Å². The quantitative estimate of drug-likeness (QED) is 0.862. The molecule has 1 aromatic carbocycles. The molecule has 84 valence electrons. The van der Waals surface area contributed by atoms with Crippen molar-refractivity contribution in [2.45, 2.75) is 32.9 Å². The van der Waals surface area contributed by atoms with E-state index in [1.54, 1.807) is 13.8 Å². The highest BCUT2D eigenvalue weighted by Crippen LogP contribution is 2.18. The second-order valence-corrected chi connectivity index (χ2v) is 6.25. The van der Waals surface area contributed by atoms with Crippen LogP contribution < -0.4 is 4.72 Å². The molecule has 3 nitrogen and oxygen atoms in total. The second kappa shape index (κ2) is 4.23. The van der Waals surface area contributed by atoms with Crippen molar-refractivity contribution in [1.29, 1.82) is 0 Å². The van der Waals surface area contributed by atoms with Gasteiger partial charge < -0.3 is 0 Å². The van der Waals surface area contributed by atoms with E-state index in [9.17, 15) is 8.42 Å². The molecule has 0 fully saturated rings. The SMILES string of the molecule is Cc1ccc(C)c(NS(=O)(=O)C(C)C)c1. The van der Waals surface area contributed by atoms with Gasteiger partial charge in [0.05, 0.1) is 10.9 Å². The molecule has 0 aliphatic carbocycles. The van der Waals surface area contributed by atoms with Crippen molar-refractivity contribution < 1.29 is 8.42 Å². The number of anilines is 1. The van der Waals surface area contributed by atoms with Crippen molar-refractivity contribution >= 4 is 15.7 Å². The molecule has 0 amide bonds. The van der Waals surface area contributed by atoms with Crippen LogP contribution in [0.4, 0.5) is 5.69 Å². The molecule has 0 bridgehead atoms. The van der Waals surface area contributed by atoms with Crippen LogP contribution in [0.1, 0.15) is 25.0 Å². The summed E-state index contributed by atoms with van der Waals surface area (Å²) in [5.74, 6) is 0. The van der Waals surface area contributed by atoms with Crippen LogP contribution in [0.3, 0.4) is 0 Å². The van der Waals surface area contributed by atoms with Gasteiger partial charge in [-0.1, -0.05) is 12.1 Å². The Morgan fingerprint density at radius 3 is 2.33 bits per heavy atom. The van der Waals surface area contributed by atoms with Gasteiger partial charge in [0.2, 0.25) is 10.0 Å². The van der Waals surface area contributed by atoms with Crippen LogP contribution in [0.5, 0.6) is 0 Å². The number of hydrogen-bond donors (Lipinski definition) is 1. The van der Waals surface area contributed by atoms with Crippen molar-refractivity contribution in [3.05, 3.63) is 29.3 Å². The summed E-state index contributed by atoms with van der Waals surface area (Å²) in [4.78, 5) is 0. The smallest absolute Gasteiger partial charge is 0.235 e. The molecule has 0 atom stereocenters. The Bertz CT molecular complexity index is 450. The van der Waals surface area contributed by atoms with Gasteiger partial charge in [-0.05, 0) is 44.9 Å². The number of rotatable bonds is 3. The van der Waals surface area contributed by atoms with Gasteiger partial charge in [0.25, 0.3) is 0 Å². The first kappa shape index (κ1) is 12.0. The first-order chi connectivity index (χ1) is 6.83. The molecule has 1 rings (SSSR count). The average Bonchev–Trinajstić information content (AvgIpc) is 2.10. The fraction of sp³-hybridized carbons (Fsp3) is 0.455. The number of benzene rings is 1. The Morgan fingerprint density at radius 2 is 1.80 bits per heavy atom. The lowest BCUT2D eigenvalue weighted by Gasteiger charge is -2.13. The molecule has 15 heavy (non-hydrogen) atoms. The minimum Gasteiger partial charge on any atom is -0.283 e. The molecule has 0 unspecified atom stereocenters. The average molecular weight is 227 g/mol. The van der Waals surface area contributed by atoms with Crippen LogP contribution >= 0.6 is 0 Å². The zero-order chi connectivity index (χ0) is 11.6. The van der Waals surface area contributed by atoms with E-state index in [1.807, 2.05) is 32.0 Å². The van der Waals surface area contributed by atoms with E-state index in [2.05, 4.69) is 4.72 Å². The summed E-state index contributed by atoms with van der Waals surface area (Å²) in [5, 5.41) is -0.419. The van der Waals surface area contributed by atoms with Crippen LogP contribution in [-0.2, 0) is 10.0 Å². The van der Waals surface area contributed by atoms with Crippen molar-refractivity contribution in [3.8, 4) is 0 Å². The second-order valence-electron chi connectivity index (χ2n) is 4.01. The predicted octanol–water partition coefficient (Wildman–Crippen LogP) is 2.45. The van der Waals surface area contributed by atoms with E-state index in [0.717, 1.165) is 11.1 Å². The zero-order valence-corrected chi connectivity index (χ0v) is 10.4. The summed E-state index contributed by atoms with van der Waals surface area (Å²) >= 11 is 0. The van der Waals surface area contributed by atoms with Gasteiger partial charge in [0.15, 0.2) is 0 Å². The maximum atomic E-state index is 11.7. The van der Waals surface area contributed by atoms with Gasteiger partial charge in [-0.25, -0.2) is 8.42 Å². The third-order valence-corrected chi connectivity index (χ3v) is 4.01. The van der Waals surface area contributed by atoms with E-state index >= 15 is 0 Å². The zero-order valence-electron chi connectivity index (χ0n) is 9.53. The van der Waals surface area contributed by atoms with Crippen LogP contribution in [0.25, 0.3) is 0 Å². The van der Waals surface area contributed by atoms with Crippen LogP contribution in [0.2, 0.25) is 0 Å². The third-order valence-electron chi connectivity index (χ3n) is 2.27. The van der Waals surface area contributed by atoms with Gasteiger partial charge in [-0.15, -0.1) is 0 Å². The first-order valence-electron chi connectivity index (χ1n) is 4.92. The summed E-state index contributed by atoms with van der Waals surface area (Å²) in [6.45, 7) is 7.14. The Labute approximate surface area is 91.6 Å². The van der Waals surface area contributed by atoms with Crippen LogP contribution in [0, 0.1) is 13.8 Å². The summed E-state index contributed by atoms with van der Waals surface area (Å²) < 4.78 is 25.9. The van der Waals surface area contributed by atoms with Crippen molar-refractivity contribution in [2.75, 3.05) is 4.72 Å². The maximum Gasteiger partial charge on any atom is 0.235 e. The fourth-order valence-electron chi connectivity index (χ4n) is 1.12. The van der Waals surface area contributed by atoms with Crippen molar-refractivity contribution in [1.82, 2.24) is 0 Å². The lowest BCUT2D eigenvalue weighted by atomic mass is 10.1. The Kier molecular flexibility index (Phi) is 3.39. The molecular formula is C11H17NO2S. The van der Waals surface area contributed by atoms with Gasteiger partial charge in [0.1, 0.15) is 0 Å². The van der Waals surface area contributed by atoms with Crippen molar-refractivity contribution in [3.63, 3.8) is 0 Å². The molecule has 0 aliphatic rings. The van der Waals surface area contributed by atoms with E-state index in [-0.39, 0.29) is 0 Å². The Hall–Kier alpha value is -1.03. The standard InChI is InChI=1S/C11H17NO2S/c1-8(2)15(13,14)12-11-7-9(3)5-6-10(11)4/h5-8,12H,1-4H3. The van der Waals surface area contributed by atoms with E-state index in [1.165, 1.54) is 0 Å². The summed E-state index contributed by atoms with van der Waals surface area (Å²) in [7, 11) is -3.24. The topological polar surface area (TPSA) is 46.2 Å². The monoisotopic (exact) mass is 227 g/mol. The highest BCUT2D eigenvalue weighted by Gasteiger charge is 2.16. The molecule has 0 heterocycles. The Morgan fingerprint density at radius 1 is 1.20 bits per heavy atom. The van der Waals surface area contributed by atoms with Gasteiger partial charge in [-0.2, -0.15) is 0 Å². The number of sulfonamides is 1. The number of hydrogen-bond acceptors (Lipinski definition) is 2. The molecule has 0 aromatic heterocycles. The largest absolute Gasteiger partial charge is 0.283 e. The minimum atomic E-state index is -3.24. The highest BCUT2D eigenvalue weighted by atomic mass is 32.2. The molecule has 1 N–H and O–H groups in total. The normalized spacial score (nSPS) is 11.8. The van der Waals surface area contributed by atoms with E-state index in [0.29, 0.717) is 5.69 Å². The minimum absolute atomic E-state index is 0.419. The predicted molar refractivity (Wildman–Crippen MR) is 63.6 cm³/mol. The first-order valence-corrected chi connectivity index (χ1v) is 6.46. The van der Waals surface area contributed by atoms with Gasteiger partial charge in [0, 0.05) is 0 Å². The van der Waals surface area contributed by atoms with Gasteiger partial charge >= 0.3 is 0 Å². The molecule has 1 aromatic rings. The Balaban J connectivity index is 3.05. The summed E-state index contributed by atoms with van der Waals surface area (Å²) in [6, 6.07) is 5.71. The summed E-state index contributed by atoms with van der Waals surface area (Å²) in [5.41, 5.74) is 2.65. The van der Waals surface area contributed by atoms with Gasteiger partial charge in [-0.3, -0.25) is 4.72 Å². The molecule has 0 spiro atoms. The molecular weight excluding hydrogens is 210 g/mol.